The molecular weight excluding hydrogens is 295 g/mol. The monoisotopic (exact) mass is 306 g/mol. The fourth-order valence-electron chi connectivity index (χ4n) is 1.59. The average Bonchev–Trinajstić information content (AvgIpc) is 2.07. The summed E-state index contributed by atoms with van der Waals surface area (Å²) in [5.74, 6) is 0. The van der Waals surface area contributed by atoms with E-state index in [-0.39, 0.29) is 13.3 Å². The average molecular weight is 306 g/mol. The quantitative estimate of drug-likeness (QED) is 0.696. The van der Waals surface area contributed by atoms with E-state index in [0.717, 1.165) is 0 Å². The molecule has 10 heteroatoms. The van der Waals surface area contributed by atoms with Crippen molar-refractivity contribution in [3.05, 3.63) is 0 Å². The van der Waals surface area contributed by atoms with Crippen LogP contribution in [0.1, 0.15) is 20.3 Å². The van der Waals surface area contributed by atoms with Crippen molar-refractivity contribution in [2.24, 2.45) is 5.41 Å². The zero-order valence-corrected chi connectivity index (χ0v) is 9.80. The maximum atomic E-state index is 12.5. The van der Waals surface area contributed by atoms with E-state index in [1.165, 1.54) is 6.92 Å². The summed E-state index contributed by atoms with van der Waals surface area (Å²) in [5, 5.41) is 0. The van der Waals surface area contributed by atoms with Gasteiger partial charge in [-0.25, -0.2) is 0 Å². The van der Waals surface area contributed by atoms with Crippen molar-refractivity contribution >= 4 is 0 Å². The Bertz CT molecular complexity index is 251. The molecule has 0 aromatic carbocycles. The van der Waals surface area contributed by atoms with E-state index in [4.69, 9.17) is 0 Å². The normalized spacial score (nSPS) is 16.6. The third kappa shape index (κ3) is 3.09. The van der Waals surface area contributed by atoms with Crippen LogP contribution in [-0.4, -0.2) is 31.2 Å². The van der Waals surface area contributed by atoms with E-state index in [0.29, 0.717) is 0 Å². The summed E-state index contributed by atoms with van der Waals surface area (Å²) in [6.07, 6.45) is -22.9. The summed E-state index contributed by atoms with van der Waals surface area (Å²) in [7, 11) is 0. The minimum Gasteiger partial charge on any atom is -0.377 e. The van der Waals surface area contributed by atoms with Gasteiger partial charge >= 0.3 is 18.5 Å². The molecule has 0 rings (SSSR count). The fourth-order valence-corrected chi connectivity index (χ4v) is 1.59. The van der Waals surface area contributed by atoms with Gasteiger partial charge in [0, 0.05) is 6.61 Å². The van der Waals surface area contributed by atoms with Crippen molar-refractivity contribution < 1.29 is 44.3 Å². The zero-order valence-electron chi connectivity index (χ0n) is 9.80. The maximum absolute atomic E-state index is 12.5. The number of hydrogen-bond donors (Lipinski definition) is 0. The first-order valence-electron chi connectivity index (χ1n) is 5.05. The summed E-state index contributed by atoms with van der Waals surface area (Å²) in [4.78, 5) is 0. The van der Waals surface area contributed by atoms with E-state index in [1.807, 2.05) is 0 Å². The minimum atomic E-state index is -6.57. The molecule has 0 radical (unpaired) electrons. The fraction of sp³-hybridized carbons (Fsp3) is 1.00. The highest BCUT2D eigenvalue weighted by molar-refractivity contribution is 5.03. The topological polar surface area (TPSA) is 9.23 Å². The van der Waals surface area contributed by atoms with Crippen LogP contribution < -0.4 is 0 Å². The maximum Gasteiger partial charge on any atom is 0.414 e. The molecule has 1 unspecified atom stereocenters. The molecule has 0 aliphatic rings. The molecule has 0 heterocycles. The summed E-state index contributed by atoms with van der Waals surface area (Å²) < 4.78 is 117. The molecule has 0 saturated carbocycles. The molecular formula is C9H11F9O. The Balaban J connectivity index is 5.96. The van der Waals surface area contributed by atoms with Crippen LogP contribution in [0.2, 0.25) is 0 Å². The number of rotatable bonds is 4. The first-order valence-corrected chi connectivity index (χ1v) is 5.05. The van der Waals surface area contributed by atoms with Gasteiger partial charge in [0.15, 0.2) is 0 Å². The second-order valence-corrected chi connectivity index (χ2v) is 3.81. The van der Waals surface area contributed by atoms with Crippen molar-refractivity contribution in [3.8, 4) is 0 Å². The highest BCUT2D eigenvalue weighted by atomic mass is 19.4. The van der Waals surface area contributed by atoms with E-state index < -0.39 is 36.7 Å². The lowest BCUT2D eigenvalue weighted by Crippen LogP contribution is -2.65. The summed E-state index contributed by atoms with van der Waals surface area (Å²) in [6, 6.07) is 0. The third-order valence-corrected chi connectivity index (χ3v) is 2.52. The SMILES string of the molecule is CCCOC(C)C(C(F)(F)F)(C(F)(F)F)C(F)(F)F. The molecule has 0 aliphatic heterocycles. The molecule has 0 N–H and O–H groups in total. The van der Waals surface area contributed by atoms with E-state index in [1.54, 1.807) is 0 Å². The molecule has 0 aromatic rings. The lowest BCUT2D eigenvalue weighted by molar-refractivity contribution is -0.448. The molecule has 19 heavy (non-hydrogen) atoms. The van der Waals surface area contributed by atoms with Crippen molar-refractivity contribution in [3.63, 3.8) is 0 Å². The Labute approximate surface area is 102 Å². The number of alkyl halides is 9. The second-order valence-electron chi connectivity index (χ2n) is 3.81. The number of hydrogen-bond acceptors (Lipinski definition) is 1. The number of halogens is 9. The van der Waals surface area contributed by atoms with Crippen LogP contribution in [0.4, 0.5) is 39.5 Å². The standard InChI is InChI=1S/C9H11F9O/c1-3-4-19-5(2)6(7(10,11)12,8(13,14)15)9(16,17)18/h5H,3-4H2,1-2H3. The van der Waals surface area contributed by atoms with Gasteiger partial charge in [0.25, 0.3) is 5.41 Å². The van der Waals surface area contributed by atoms with Crippen LogP contribution in [0.5, 0.6) is 0 Å². The molecule has 0 fully saturated rings. The molecule has 0 spiro atoms. The minimum absolute atomic E-state index is 0.0198. The van der Waals surface area contributed by atoms with Crippen LogP contribution in [-0.2, 0) is 4.74 Å². The predicted octanol–water partition coefficient (Wildman–Crippen LogP) is 4.47. The van der Waals surface area contributed by atoms with Crippen molar-refractivity contribution in [1.29, 1.82) is 0 Å². The first-order chi connectivity index (χ1) is 8.23. The van der Waals surface area contributed by atoms with Gasteiger partial charge < -0.3 is 4.74 Å². The van der Waals surface area contributed by atoms with Gasteiger partial charge in [-0.3, -0.25) is 0 Å². The molecule has 1 atom stereocenters. The van der Waals surface area contributed by atoms with Gasteiger partial charge in [-0.15, -0.1) is 0 Å². The lowest BCUT2D eigenvalue weighted by atomic mass is 9.80. The largest absolute Gasteiger partial charge is 0.414 e. The molecule has 0 amide bonds. The Morgan fingerprint density at radius 2 is 1.11 bits per heavy atom. The molecule has 0 saturated heterocycles. The van der Waals surface area contributed by atoms with E-state index in [9.17, 15) is 39.5 Å². The molecule has 0 bridgehead atoms. The van der Waals surface area contributed by atoms with Gasteiger partial charge in [-0.2, -0.15) is 39.5 Å². The first kappa shape index (κ1) is 18.3. The summed E-state index contributed by atoms with van der Waals surface area (Å²) in [6.45, 7) is 0.804. The summed E-state index contributed by atoms with van der Waals surface area (Å²) >= 11 is 0. The summed E-state index contributed by atoms with van der Waals surface area (Å²) in [5.41, 5.74) is -5.90. The van der Waals surface area contributed by atoms with Crippen LogP contribution in [0, 0.1) is 5.41 Å². The van der Waals surface area contributed by atoms with Crippen molar-refractivity contribution in [2.75, 3.05) is 6.61 Å². The predicted molar refractivity (Wildman–Crippen MR) is 46.3 cm³/mol. The molecule has 116 valence electrons. The zero-order chi connectivity index (χ0) is 15.7. The Hall–Kier alpha value is -0.670. The highest BCUT2D eigenvalue weighted by Crippen LogP contribution is 2.61. The van der Waals surface area contributed by atoms with Gasteiger partial charge in [0.1, 0.15) is 0 Å². The number of ether oxygens (including phenoxy) is 1. The van der Waals surface area contributed by atoms with Gasteiger partial charge in [0.05, 0.1) is 6.10 Å². The van der Waals surface area contributed by atoms with Gasteiger partial charge in [0.2, 0.25) is 0 Å². The van der Waals surface area contributed by atoms with Crippen LogP contribution >= 0.6 is 0 Å². The Kier molecular flexibility index (Phi) is 5.18. The van der Waals surface area contributed by atoms with Crippen LogP contribution in [0.3, 0.4) is 0 Å². The molecule has 1 nitrogen and oxygen atoms in total. The van der Waals surface area contributed by atoms with Crippen LogP contribution in [0.15, 0.2) is 0 Å². The second kappa shape index (κ2) is 5.37. The van der Waals surface area contributed by atoms with Gasteiger partial charge in [-0.1, -0.05) is 6.92 Å². The highest BCUT2D eigenvalue weighted by Gasteiger charge is 2.86. The van der Waals surface area contributed by atoms with Crippen molar-refractivity contribution in [2.45, 2.75) is 44.9 Å². The van der Waals surface area contributed by atoms with E-state index >= 15 is 0 Å². The Morgan fingerprint density at radius 1 is 0.789 bits per heavy atom. The lowest BCUT2D eigenvalue weighted by Gasteiger charge is -2.42. The van der Waals surface area contributed by atoms with Crippen molar-refractivity contribution in [1.82, 2.24) is 0 Å². The van der Waals surface area contributed by atoms with Crippen LogP contribution in [0.25, 0.3) is 0 Å². The smallest absolute Gasteiger partial charge is 0.377 e. The third-order valence-electron chi connectivity index (χ3n) is 2.52. The van der Waals surface area contributed by atoms with Gasteiger partial charge in [-0.05, 0) is 13.3 Å². The molecule has 0 aliphatic carbocycles. The molecule has 0 aromatic heterocycles. The Morgan fingerprint density at radius 3 is 1.32 bits per heavy atom. The van der Waals surface area contributed by atoms with E-state index in [2.05, 4.69) is 4.74 Å².